The average Bonchev–Trinajstić information content (AvgIpc) is 2.09. The van der Waals surface area contributed by atoms with Gasteiger partial charge in [-0.3, -0.25) is 0 Å². The van der Waals surface area contributed by atoms with Crippen LogP contribution in [0.1, 0.15) is 15.9 Å². The van der Waals surface area contributed by atoms with Crippen LogP contribution < -0.4 is 0 Å². The van der Waals surface area contributed by atoms with Crippen LogP contribution in [-0.4, -0.2) is 17.3 Å². The molecule has 0 aromatic heterocycles. The Morgan fingerprint density at radius 3 is 2.62 bits per heavy atom. The van der Waals surface area contributed by atoms with Gasteiger partial charge in [0.05, 0.1) is 10.6 Å². The zero-order valence-corrected chi connectivity index (χ0v) is 8.87. The number of halogens is 1. The summed E-state index contributed by atoms with van der Waals surface area (Å²) in [6.07, 6.45) is 1.90. The first-order chi connectivity index (χ1) is 6.07. The van der Waals surface area contributed by atoms with E-state index in [4.69, 9.17) is 16.7 Å². The number of hydrogen-bond acceptors (Lipinski definition) is 2. The molecule has 1 aromatic rings. The van der Waals surface area contributed by atoms with Crippen LogP contribution in [0.5, 0.6) is 0 Å². The monoisotopic (exact) mass is 216 g/mol. The van der Waals surface area contributed by atoms with E-state index in [1.165, 1.54) is 11.8 Å². The molecule has 0 atom stereocenters. The highest BCUT2D eigenvalue weighted by atomic mass is 35.5. The van der Waals surface area contributed by atoms with Crippen LogP contribution in [-0.2, 0) is 0 Å². The topological polar surface area (TPSA) is 37.3 Å². The van der Waals surface area contributed by atoms with Gasteiger partial charge in [0.25, 0.3) is 0 Å². The highest BCUT2D eigenvalue weighted by molar-refractivity contribution is 7.98. The summed E-state index contributed by atoms with van der Waals surface area (Å²) >= 11 is 7.46. The van der Waals surface area contributed by atoms with Gasteiger partial charge in [-0.05, 0) is 30.9 Å². The number of thioether (sulfide) groups is 1. The Hall–Kier alpha value is -0.670. The Labute approximate surface area is 85.9 Å². The van der Waals surface area contributed by atoms with E-state index in [0.717, 1.165) is 4.90 Å². The second-order valence-corrected chi connectivity index (χ2v) is 3.79. The van der Waals surface area contributed by atoms with Crippen LogP contribution in [0.2, 0.25) is 5.02 Å². The Balaban J connectivity index is 3.31. The van der Waals surface area contributed by atoms with Crippen molar-refractivity contribution in [1.29, 1.82) is 0 Å². The number of aromatic carboxylic acids is 1. The fourth-order valence-electron chi connectivity index (χ4n) is 1.05. The summed E-state index contributed by atoms with van der Waals surface area (Å²) in [5.41, 5.74) is 0.892. The number of benzene rings is 1. The molecule has 1 aromatic carbocycles. The Kier molecular flexibility index (Phi) is 3.22. The molecule has 0 bridgehead atoms. The van der Waals surface area contributed by atoms with Gasteiger partial charge in [-0.25, -0.2) is 4.79 Å². The molecule has 0 saturated heterocycles. The molecule has 0 aliphatic heterocycles. The lowest BCUT2D eigenvalue weighted by atomic mass is 10.1. The van der Waals surface area contributed by atoms with Gasteiger partial charge in [-0.1, -0.05) is 11.6 Å². The molecule has 0 radical (unpaired) electrons. The molecule has 0 fully saturated rings. The molecule has 0 saturated carbocycles. The van der Waals surface area contributed by atoms with Crippen molar-refractivity contribution in [3.63, 3.8) is 0 Å². The van der Waals surface area contributed by atoms with E-state index in [1.807, 2.05) is 6.26 Å². The smallest absolute Gasteiger partial charge is 0.336 e. The molecule has 1 rings (SSSR count). The molecule has 0 heterocycles. The van der Waals surface area contributed by atoms with Crippen LogP contribution in [0.3, 0.4) is 0 Å². The summed E-state index contributed by atoms with van der Waals surface area (Å²) in [6.45, 7) is 1.71. The van der Waals surface area contributed by atoms with E-state index >= 15 is 0 Å². The van der Waals surface area contributed by atoms with Gasteiger partial charge < -0.3 is 5.11 Å². The SMILES string of the molecule is CSc1ccc(C(=O)O)c(C)c1Cl. The third-order valence-corrected chi connectivity index (χ3v) is 3.18. The minimum Gasteiger partial charge on any atom is -0.478 e. The normalized spacial score (nSPS) is 10.1. The Morgan fingerprint density at radius 1 is 1.54 bits per heavy atom. The van der Waals surface area contributed by atoms with E-state index in [2.05, 4.69) is 0 Å². The van der Waals surface area contributed by atoms with Gasteiger partial charge >= 0.3 is 5.97 Å². The van der Waals surface area contributed by atoms with Crippen molar-refractivity contribution in [2.75, 3.05) is 6.26 Å². The maximum absolute atomic E-state index is 10.7. The Bertz CT molecular complexity index is 350. The lowest BCUT2D eigenvalue weighted by molar-refractivity contribution is 0.0696. The molecule has 0 amide bonds. The third kappa shape index (κ3) is 1.98. The molecule has 0 spiro atoms. The minimum atomic E-state index is -0.938. The van der Waals surface area contributed by atoms with Gasteiger partial charge in [0.1, 0.15) is 0 Å². The van der Waals surface area contributed by atoms with Crippen LogP contribution in [0, 0.1) is 6.92 Å². The molecular formula is C9H9ClO2S. The van der Waals surface area contributed by atoms with Gasteiger partial charge in [0.2, 0.25) is 0 Å². The summed E-state index contributed by atoms with van der Waals surface area (Å²) in [4.78, 5) is 11.6. The fraction of sp³-hybridized carbons (Fsp3) is 0.222. The molecular weight excluding hydrogens is 208 g/mol. The van der Waals surface area contributed by atoms with E-state index in [9.17, 15) is 4.79 Å². The number of carbonyl (C=O) groups is 1. The van der Waals surface area contributed by atoms with Crippen molar-refractivity contribution < 1.29 is 9.90 Å². The number of carboxylic acids is 1. The van der Waals surface area contributed by atoms with Crippen molar-refractivity contribution in [3.05, 3.63) is 28.3 Å². The van der Waals surface area contributed by atoms with Crippen molar-refractivity contribution in [2.45, 2.75) is 11.8 Å². The molecule has 0 aliphatic carbocycles. The first-order valence-corrected chi connectivity index (χ1v) is 5.24. The fourth-order valence-corrected chi connectivity index (χ4v) is 1.98. The highest BCUT2D eigenvalue weighted by Gasteiger charge is 2.11. The van der Waals surface area contributed by atoms with Crippen LogP contribution in [0.4, 0.5) is 0 Å². The molecule has 2 nitrogen and oxygen atoms in total. The molecule has 70 valence electrons. The van der Waals surface area contributed by atoms with E-state index in [1.54, 1.807) is 19.1 Å². The van der Waals surface area contributed by atoms with E-state index in [0.29, 0.717) is 10.6 Å². The van der Waals surface area contributed by atoms with Crippen molar-refractivity contribution >= 4 is 29.3 Å². The van der Waals surface area contributed by atoms with Crippen LogP contribution in [0.25, 0.3) is 0 Å². The second-order valence-electron chi connectivity index (χ2n) is 2.56. The van der Waals surface area contributed by atoms with E-state index in [-0.39, 0.29) is 5.56 Å². The third-order valence-electron chi connectivity index (χ3n) is 1.80. The maximum Gasteiger partial charge on any atom is 0.336 e. The lowest BCUT2D eigenvalue weighted by Gasteiger charge is -2.06. The van der Waals surface area contributed by atoms with Crippen molar-refractivity contribution in [2.24, 2.45) is 0 Å². The first-order valence-electron chi connectivity index (χ1n) is 3.64. The van der Waals surface area contributed by atoms with E-state index < -0.39 is 5.97 Å². The average molecular weight is 217 g/mol. The van der Waals surface area contributed by atoms with Crippen molar-refractivity contribution in [1.82, 2.24) is 0 Å². The van der Waals surface area contributed by atoms with Crippen molar-refractivity contribution in [3.8, 4) is 0 Å². The van der Waals surface area contributed by atoms with Gasteiger partial charge in [0.15, 0.2) is 0 Å². The minimum absolute atomic E-state index is 0.266. The summed E-state index contributed by atoms with van der Waals surface area (Å²) in [5, 5.41) is 9.32. The number of rotatable bonds is 2. The summed E-state index contributed by atoms with van der Waals surface area (Å²) in [7, 11) is 0. The quantitative estimate of drug-likeness (QED) is 0.772. The van der Waals surface area contributed by atoms with Crippen LogP contribution in [0.15, 0.2) is 17.0 Å². The lowest BCUT2D eigenvalue weighted by Crippen LogP contribution is -2.00. The predicted octanol–water partition coefficient (Wildman–Crippen LogP) is 3.07. The number of carboxylic acid groups (broad SMARTS) is 1. The van der Waals surface area contributed by atoms with Crippen LogP contribution >= 0.6 is 23.4 Å². The summed E-state index contributed by atoms with van der Waals surface area (Å²) in [5.74, 6) is -0.938. The van der Waals surface area contributed by atoms with Gasteiger partial charge in [0, 0.05) is 4.90 Å². The molecule has 1 N–H and O–H groups in total. The zero-order chi connectivity index (χ0) is 10.0. The van der Waals surface area contributed by atoms with Gasteiger partial charge in [-0.2, -0.15) is 0 Å². The summed E-state index contributed by atoms with van der Waals surface area (Å²) in [6, 6.07) is 3.30. The predicted molar refractivity (Wildman–Crippen MR) is 54.9 cm³/mol. The molecule has 0 unspecified atom stereocenters. The largest absolute Gasteiger partial charge is 0.478 e. The van der Waals surface area contributed by atoms with Gasteiger partial charge in [-0.15, -0.1) is 11.8 Å². The Morgan fingerprint density at radius 2 is 2.15 bits per heavy atom. The summed E-state index contributed by atoms with van der Waals surface area (Å²) < 4.78 is 0. The highest BCUT2D eigenvalue weighted by Crippen LogP contribution is 2.30. The standard InChI is InChI=1S/C9H9ClO2S/c1-5-6(9(11)12)3-4-7(13-2)8(5)10/h3-4H,1-2H3,(H,11,12). The maximum atomic E-state index is 10.7. The second kappa shape index (κ2) is 4.03. The molecule has 4 heteroatoms. The molecule has 13 heavy (non-hydrogen) atoms. The zero-order valence-electron chi connectivity index (χ0n) is 7.30. The molecule has 0 aliphatic rings. The number of hydrogen-bond donors (Lipinski definition) is 1. The first kappa shape index (κ1) is 10.4.